The molecule has 84 valence electrons. The zero-order chi connectivity index (χ0) is 11.8. The van der Waals surface area contributed by atoms with Gasteiger partial charge in [0.1, 0.15) is 5.78 Å². The SMILES string of the molecule is CC.CC(=O)CCc1ccc(Cl)cc1Cl. The lowest BCUT2D eigenvalue weighted by Gasteiger charge is -2.02. The Morgan fingerprint density at radius 3 is 2.33 bits per heavy atom. The summed E-state index contributed by atoms with van der Waals surface area (Å²) in [5.41, 5.74) is 0.973. The maximum absolute atomic E-state index is 10.7. The van der Waals surface area contributed by atoms with Gasteiger partial charge in [-0.15, -0.1) is 0 Å². The van der Waals surface area contributed by atoms with Crippen molar-refractivity contribution in [2.45, 2.75) is 33.6 Å². The van der Waals surface area contributed by atoms with Crippen molar-refractivity contribution in [1.29, 1.82) is 0 Å². The molecule has 0 N–H and O–H groups in total. The van der Waals surface area contributed by atoms with Crippen LogP contribution in [0.4, 0.5) is 0 Å². The minimum atomic E-state index is 0.172. The number of aryl methyl sites for hydroxylation is 1. The van der Waals surface area contributed by atoms with Crippen molar-refractivity contribution in [3.05, 3.63) is 33.8 Å². The number of carbonyl (C=O) groups excluding carboxylic acids is 1. The van der Waals surface area contributed by atoms with Crippen LogP contribution in [0.2, 0.25) is 10.0 Å². The first-order valence-electron chi connectivity index (χ1n) is 5.03. The van der Waals surface area contributed by atoms with E-state index >= 15 is 0 Å². The van der Waals surface area contributed by atoms with Gasteiger partial charge in [-0.3, -0.25) is 0 Å². The monoisotopic (exact) mass is 246 g/mol. The molecular formula is C12H16Cl2O. The summed E-state index contributed by atoms with van der Waals surface area (Å²) < 4.78 is 0. The lowest BCUT2D eigenvalue weighted by atomic mass is 10.1. The van der Waals surface area contributed by atoms with Crippen LogP contribution in [-0.2, 0) is 11.2 Å². The van der Waals surface area contributed by atoms with E-state index in [0.717, 1.165) is 5.56 Å². The summed E-state index contributed by atoms with van der Waals surface area (Å²) in [6.07, 6.45) is 1.21. The topological polar surface area (TPSA) is 17.1 Å². The highest BCUT2D eigenvalue weighted by Crippen LogP contribution is 2.21. The Kier molecular flexibility index (Phi) is 7.45. The van der Waals surface area contributed by atoms with Gasteiger partial charge in [0.25, 0.3) is 0 Å². The van der Waals surface area contributed by atoms with E-state index in [9.17, 15) is 4.79 Å². The highest BCUT2D eigenvalue weighted by atomic mass is 35.5. The number of Topliss-reactive ketones (excluding diaryl/α,β-unsaturated/α-hetero) is 1. The molecule has 0 spiro atoms. The predicted molar refractivity (Wildman–Crippen MR) is 66.8 cm³/mol. The minimum Gasteiger partial charge on any atom is -0.300 e. The van der Waals surface area contributed by atoms with Gasteiger partial charge in [0.2, 0.25) is 0 Å². The van der Waals surface area contributed by atoms with E-state index in [1.807, 2.05) is 19.9 Å². The normalized spacial score (nSPS) is 9.13. The molecule has 0 aromatic heterocycles. The molecule has 0 atom stereocenters. The first-order valence-corrected chi connectivity index (χ1v) is 5.78. The highest BCUT2D eigenvalue weighted by Gasteiger charge is 2.02. The van der Waals surface area contributed by atoms with Crippen LogP contribution < -0.4 is 0 Å². The fourth-order valence-electron chi connectivity index (χ4n) is 1.04. The largest absolute Gasteiger partial charge is 0.300 e. The third-order valence-corrected chi connectivity index (χ3v) is 2.35. The molecular weight excluding hydrogens is 231 g/mol. The Morgan fingerprint density at radius 2 is 1.87 bits per heavy atom. The third kappa shape index (κ3) is 5.81. The van der Waals surface area contributed by atoms with Gasteiger partial charge in [0.15, 0.2) is 0 Å². The minimum absolute atomic E-state index is 0.172. The van der Waals surface area contributed by atoms with Crippen LogP contribution in [-0.4, -0.2) is 5.78 Å². The Hall–Kier alpha value is -0.530. The Balaban J connectivity index is 0.000000921. The van der Waals surface area contributed by atoms with Crippen molar-refractivity contribution in [3.8, 4) is 0 Å². The van der Waals surface area contributed by atoms with Gasteiger partial charge in [0, 0.05) is 16.5 Å². The van der Waals surface area contributed by atoms with Gasteiger partial charge in [-0.05, 0) is 31.0 Å². The second-order valence-electron chi connectivity index (χ2n) is 2.94. The maximum Gasteiger partial charge on any atom is 0.130 e. The third-order valence-electron chi connectivity index (χ3n) is 1.76. The predicted octanol–water partition coefficient (Wildman–Crippen LogP) is 4.54. The molecule has 1 aromatic rings. The van der Waals surface area contributed by atoms with E-state index in [1.54, 1.807) is 19.1 Å². The van der Waals surface area contributed by atoms with Crippen molar-refractivity contribution in [2.75, 3.05) is 0 Å². The summed E-state index contributed by atoms with van der Waals surface area (Å²) in [5.74, 6) is 0.172. The van der Waals surface area contributed by atoms with Crippen molar-refractivity contribution < 1.29 is 4.79 Å². The van der Waals surface area contributed by atoms with Gasteiger partial charge >= 0.3 is 0 Å². The number of carbonyl (C=O) groups is 1. The summed E-state index contributed by atoms with van der Waals surface area (Å²) in [6, 6.07) is 5.33. The average Bonchev–Trinajstić information content (AvgIpc) is 2.19. The van der Waals surface area contributed by atoms with Crippen LogP contribution in [0.15, 0.2) is 18.2 Å². The number of hydrogen-bond donors (Lipinski definition) is 0. The molecule has 0 bridgehead atoms. The average molecular weight is 247 g/mol. The molecule has 1 aromatic carbocycles. The van der Waals surface area contributed by atoms with Crippen LogP contribution in [0.1, 0.15) is 32.8 Å². The molecule has 0 saturated heterocycles. The Morgan fingerprint density at radius 1 is 1.27 bits per heavy atom. The summed E-state index contributed by atoms with van der Waals surface area (Å²) in [7, 11) is 0. The number of ketones is 1. The van der Waals surface area contributed by atoms with Gasteiger partial charge in [-0.25, -0.2) is 0 Å². The van der Waals surface area contributed by atoms with Gasteiger partial charge in [-0.1, -0.05) is 43.1 Å². The van der Waals surface area contributed by atoms with E-state index in [2.05, 4.69) is 0 Å². The van der Waals surface area contributed by atoms with Crippen molar-refractivity contribution >= 4 is 29.0 Å². The highest BCUT2D eigenvalue weighted by molar-refractivity contribution is 6.35. The molecule has 1 nitrogen and oxygen atoms in total. The Bertz CT molecular complexity index is 321. The van der Waals surface area contributed by atoms with Gasteiger partial charge in [0.05, 0.1) is 0 Å². The second-order valence-corrected chi connectivity index (χ2v) is 3.78. The number of rotatable bonds is 3. The van der Waals surface area contributed by atoms with E-state index in [4.69, 9.17) is 23.2 Å². The van der Waals surface area contributed by atoms with Crippen molar-refractivity contribution in [1.82, 2.24) is 0 Å². The molecule has 3 heteroatoms. The van der Waals surface area contributed by atoms with Crippen LogP contribution in [0, 0.1) is 0 Å². The molecule has 0 saturated carbocycles. The standard InChI is InChI=1S/C10H10Cl2O.C2H6/c1-7(13)2-3-8-4-5-9(11)6-10(8)12;1-2/h4-6H,2-3H2,1H3;1-2H3. The quantitative estimate of drug-likeness (QED) is 0.766. The molecule has 0 aliphatic heterocycles. The molecule has 0 aliphatic rings. The van der Waals surface area contributed by atoms with E-state index in [0.29, 0.717) is 22.9 Å². The fraction of sp³-hybridized carbons (Fsp3) is 0.417. The van der Waals surface area contributed by atoms with Gasteiger partial charge < -0.3 is 4.79 Å². The molecule has 0 aliphatic carbocycles. The summed E-state index contributed by atoms with van der Waals surface area (Å²) >= 11 is 11.6. The summed E-state index contributed by atoms with van der Waals surface area (Å²) in [6.45, 7) is 5.57. The number of benzene rings is 1. The first kappa shape index (κ1) is 14.5. The first-order chi connectivity index (χ1) is 7.09. The second kappa shape index (κ2) is 7.72. The molecule has 1 rings (SSSR count). The van der Waals surface area contributed by atoms with Gasteiger partial charge in [-0.2, -0.15) is 0 Å². The molecule has 0 amide bonds. The molecule has 0 heterocycles. The van der Waals surface area contributed by atoms with E-state index < -0.39 is 0 Å². The maximum atomic E-state index is 10.7. The number of halogens is 2. The van der Waals surface area contributed by atoms with E-state index in [-0.39, 0.29) is 5.78 Å². The fourth-order valence-corrected chi connectivity index (χ4v) is 1.54. The lowest BCUT2D eigenvalue weighted by molar-refractivity contribution is -0.116. The zero-order valence-corrected chi connectivity index (χ0v) is 10.8. The van der Waals surface area contributed by atoms with Crippen LogP contribution in [0.5, 0.6) is 0 Å². The summed E-state index contributed by atoms with van der Waals surface area (Å²) in [5, 5.41) is 1.25. The van der Waals surface area contributed by atoms with Crippen molar-refractivity contribution in [2.24, 2.45) is 0 Å². The molecule has 0 unspecified atom stereocenters. The molecule has 0 radical (unpaired) electrons. The lowest BCUT2D eigenvalue weighted by Crippen LogP contribution is -1.94. The summed E-state index contributed by atoms with van der Waals surface area (Å²) in [4.78, 5) is 10.7. The molecule has 0 fully saturated rings. The smallest absolute Gasteiger partial charge is 0.130 e. The zero-order valence-electron chi connectivity index (χ0n) is 9.31. The van der Waals surface area contributed by atoms with E-state index in [1.165, 1.54) is 0 Å². The Labute approximate surface area is 101 Å². The number of hydrogen-bond acceptors (Lipinski definition) is 1. The van der Waals surface area contributed by atoms with Crippen LogP contribution >= 0.6 is 23.2 Å². The molecule has 15 heavy (non-hydrogen) atoms. The van der Waals surface area contributed by atoms with Crippen molar-refractivity contribution in [3.63, 3.8) is 0 Å². The van der Waals surface area contributed by atoms with Crippen LogP contribution in [0.3, 0.4) is 0 Å². The van der Waals surface area contributed by atoms with Crippen LogP contribution in [0.25, 0.3) is 0 Å².